The summed E-state index contributed by atoms with van der Waals surface area (Å²) < 4.78 is 0. The van der Waals surface area contributed by atoms with Gasteiger partial charge in [0.25, 0.3) is 0 Å². The van der Waals surface area contributed by atoms with Crippen LogP contribution in [-0.4, -0.2) is 41.4 Å². The van der Waals surface area contributed by atoms with Crippen LogP contribution in [-0.2, 0) is 0 Å². The van der Waals surface area contributed by atoms with Crippen LogP contribution in [0.5, 0.6) is 0 Å². The number of nitrogens with zero attached hydrogens (tertiary/aromatic N) is 3. The maximum Gasteiger partial charge on any atom is 0.249 e. The van der Waals surface area contributed by atoms with Gasteiger partial charge in [0, 0.05) is 7.05 Å². The molecular formula is C5H13ClN6. The predicted octanol–water partition coefficient (Wildman–Crippen LogP) is -1.77. The Morgan fingerprint density at radius 3 is 2.58 bits per heavy atom. The number of rotatable bonds is 0. The second kappa shape index (κ2) is 2.74. The standard InChI is InChI=1S/C5H13ClN6/c1-11-3(7)10-5(6,9)12(2)4(11)8/h4H,8-9H2,1-2H3,(H2,7,10). The van der Waals surface area contributed by atoms with E-state index >= 15 is 0 Å². The molecule has 0 aromatic carbocycles. The van der Waals surface area contributed by atoms with Crippen LogP contribution in [0, 0.1) is 0 Å². The molecule has 1 heterocycles. The van der Waals surface area contributed by atoms with Crippen LogP contribution in [0.4, 0.5) is 0 Å². The summed E-state index contributed by atoms with van der Waals surface area (Å²) in [5, 5.41) is -1.34. The van der Waals surface area contributed by atoms with Gasteiger partial charge in [0.2, 0.25) is 5.25 Å². The molecule has 2 atom stereocenters. The summed E-state index contributed by atoms with van der Waals surface area (Å²) in [6.07, 6.45) is -0.454. The van der Waals surface area contributed by atoms with Gasteiger partial charge in [-0.2, -0.15) is 4.99 Å². The van der Waals surface area contributed by atoms with Crippen molar-refractivity contribution in [1.29, 1.82) is 0 Å². The number of guanidine groups is 1. The van der Waals surface area contributed by atoms with E-state index in [2.05, 4.69) is 4.99 Å². The summed E-state index contributed by atoms with van der Waals surface area (Å²) >= 11 is 5.81. The number of hydrogen-bond donors (Lipinski definition) is 3. The molecule has 0 aromatic heterocycles. The van der Waals surface area contributed by atoms with E-state index in [1.165, 1.54) is 4.90 Å². The zero-order valence-electron chi connectivity index (χ0n) is 7.03. The highest BCUT2D eigenvalue weighted by atomic mass is 35.5. The van der Waals surface area contributed by atoms with Gasteiger partial charge < -0.3 is 10.6 Å². The molecule has 1 aliphatic heterocycles. The highest BCUT2D eigenvalue weighted by molar-refractivity contribution is 6.23. The van der Waals surface area contributed by atoms with E-state index in [1.54, 1.807) is 19.0 Å². The number of halogens is 1. The maximum absolute atomic E-state index is 5.81. The Morgan fingerprint density at radius 1 is 1.58 bits per heavy atom. The lowest BCUT2D eigenvalue weighted by atomic mass is 10.5. The Morgan fingerprint density at radius 2 is 2.08 bits per heavy atom. The summed E-state index contributed by atoms with van der Waals surface area (Å²) in [5.41, 5.74) is 16.8. The van der Waals surface area contributed by atoms with Crippen molar-refractivity contribution < 1.29 is 0 Å². The fourth-order valence-electron chi connectivity index (χ4n) is 0.899. The van der Waals surface area contributed by atoms with Gasteiger partial charge in [-0.1, -0.05) is 11.6 Å². The molecule has 6 N–H and O–H groups in total. The quantitative estimate of drug-likeness (QED) is 0.312. The zero-order chi connectivity index (χ0) is 9.52. The lowest BCUT2D eigenvalue weighted by Gasteiger charge is -2.43. The van der Waals surface area contributed by atoms with Crippen molar-refractivity contribution in [3.05, 3.63) is 0 Å². The summed E-state index contributed by atoms with van der Waals surface area (Å²) in [7, 11) is 3.39. The number of nitrogens with two attached hydrogens (primary N) is 3. The van der Waals surface area contributed by atoms with Crippen LogP contribution in [0.2, 0.25) is 0 Å². The van der Waals surface area contributed by atoms with Gasteiger partial charge in [-0.3, -0.25) is 11.5 Å². The van der Waals surface area contributed by atoms with Crippen LogP contribution in [0.3, 0.4) is 0 Å². The van der Waals surface area contributed by atoms with E-state index < -0.39 is 11.5 Å². The van der Waals surface area contributed by atoms with Crippen molar-refractivity contribution in [2.24, 2.45) is 22.2 Å². The summed E-state index contributed by atoms with van der Waals surface area (Å²) in [5.74, 6) is 0.234. The van der Waals surface area contributed by atoms with Gasteiger partial charge in [-0.15, -0.1) is 0 Å². The first kappa shape index (κ1) is 9.53. The third kappa shape index (κ3) is 1.34. The molecule has 0 saturated heterocycles. The van der Waals surface area contributed by atoms with Gasteiger partial charge in [0.15, 0.2) is 5.96 Å². The minimum absolute atomic E-state index is 0.234. The number of alkyl halides is 1. The van der Waals surface area contributed by atoms with Crippen molar-refractivity contribution >= 4 is 17.6 Å². The molecule has 0 fully saturated rings. The number of aliphatic imine (C=N–C) groups is 1. The second-order valence-electron chi connectivity index (χ2n) is 2.74. The molecule has 6 nitrogen and oxygen atoms in total. The van der Waals surface area contributed by atoms with Gasteiger partial charge in [0.1, 0.15) is 6.29 Å². The van der Waals surface area contributed by atoms with E-state index in [4.69, 9.17) is 28.8 Å². The number of hydrogen-bond acceptors (Lipinski definition) is 6. The molecule has 2 unspecified atom stereocenters. The third-order valence-corrected chi connectivity index (χ3v) is 2.27. The molecule has 70 valence electrons. The first-order valence-corrected chi connectivity index (χ1v) is 3.78. The summed E-state index contributed by atoms with van der Waals surface area (Å²) in [6, 6.07) is 0. The van der Waals surface area contributed by atoms with E-state index in [0.29, 0.717) is 0 Å². The topological polar surface area (TPSA) is 96.9 Å². The van der Waals surface area contributed by atoms with Gasteiger partial charge in [-0.05, 0) is 7.05 Å². The Labute approximate surface area is 75.9 Å². The van der Waals surface area contributed by atoms with Crippen LogP contribution in [0.25, 0.3) is 0 Å². The smallest absolute Gasteiger partial charge is 0.249 e. The predicted molar refractivity (Wildman–Crippen MR) is 47.9 cm³/mol. The van der Waals surface area contributed by atoms with Crippen molar-refractivity contribution in [3.63, 3.8) is 0 Å². The first-order valence-electron chi connectivity index (χ1n) is 3.40. The molecular weight excluding hydrogens is 180 g/mol. The summed E-state index contributed by atoms with van der Waals surface area (Å²) in [4.78, 5) is 6.92. The van der Waals surface area contributed by atoms with Crippen LogP contribution in [0.1, 0.15) is 0 Å². The van der Waals surface area contributed by atoms with E-state index in [-0.39, 0.29) is 5.96 Å². The molecule has 1 aliphatic rings. The molecule has 0 saturated carbocycles. The Hall–Kier alpha value is -0.560. The van der Waals surface area contributed by atoms with Crippen LogP contribution in [0.15, 0.2) is 4.99 Å². The molecule has 0 radical (unpaired) electrons. The second-order valence-corrected chi connectivity index (χ2v) is 3.30. The van der Waals surface area contributed by atoms with Crippen molar-refractivity contribution in [1.82, 2.24) is 9.80 Å². The SMILES string of the molecule is CN1C(N)=NC(N)(Cl)N(C)C1N. The van der Waals surface area contributed by atoms with E-state index in [9.17, 15) is 0 Å². The van der Waals surface area contributed by atoms with E-state index in [1.807, 2.05) is 0 Å². The van der Waals surface area contributed by atoms with Crippen molar-refractivity contribution in [2.75, 3.05) is 14.1 Å². The first-order chi connectivity index (χ1) is 5.36. The van der Waals surface area contributed by atoms with Crippen LogP contribution < -0.4 is 17.2 Å². The molecule has 7 heteroatoms. The molecule has 1 rings (SSSR count). The van der Waals surface area contributed by atoms with Crippen LogP contribution >= 0.6 is 11.6 Å². The van der Waals surface area contributed by atoms with Crippen molar-refractivity contribution in [3.8, 4) is 0 Å². The van der Waals surface area contributed by atoms with E-state index in [0.717, 1.165) is 0 Å². The molecule has 0 aromatic rings. The molecule has 0 aliphatic carbocycles. The lowest BCUT2D eigenvalue weighted by molar-refractivity contribution is 0.0588. The minimum atomic E-state index is -1.34. The Kier molecular flexibility index (Phi) is 2.17. The lowest BCUT2D eigenvalue weighted by Crippen LogP contribution is -2.67. The molecule has 12 heavy (non-hydrogen) atoms. The molecule has 0 amide bonds. The Bertz CT molecular complexity index is 214. The fraction of sp³-hybridized carbons (Fsp3) is 0.800. The molecule has 0 spiro atoms. The zero-order valence-corrected chi connectivity index (χ0v) is 7.78. The normalized spacial score (nSPS) is 38.2. The third-order valence-electron chi connectivity index (χ3n) is 1.92. The van der Waals surface area contributed by atoms with Crippen molar-refractivity contribution in [2.45, 2.75) is 11.5 Å². The summed E-state index contributed by atoms with van der Waals surface area (Å²) in [6.45, 7) is 0. The largest absolute Gasteiger partial charge is 0.370 e. The van der Waals surface area contributed by atoms with Gasteiger partial charge in [0.05, 0.1) is 0 Å². The monoisotopic (exact) mass is 192 g/mol. The molecule has 0 bridgehead atoms. The Balaban J connectivity index is 2.99. The fourth-order valence-corrected chi connectivity index (χ4v) is 1.09. The van der Waals surface area contributed by atoms with Gasteiger partial charge in [-0.25, -0.2) is 4.90 Å². The average Bonchev–Trinajstić information content (AvgIpc) is 1.97. The highest BCUT2D eigenvalue weighted by Gasteiger charge is 2.37. The van der Waals surface area contributed by atoms with Gasteiger partial charge >= 0.3 is 0 Å². The highest BCUT2D eigenvalue weighted by Crippen LogP contribution is 2.20. The minimum Gasteiger partial charge on any atom is -0.370 e. The maximum atomic E-state index is 5.81. The average molecular weight is 193 g/mol.